The number of hydrogen-bond donors (Lipinski definition) is 2. The molecule has 1 fully saturated rings. The first-order valence-corrected chi connectivity index (χ1v) is 6.74. The van der Waals surface area contributed by atoms with Crippen LogP contribution in [0.5, 0.6) is 0 Å². The van der Waals surface area contributed by atoms with Gasteiger partial charge in [0.25, 0.3) is 0 Å². The van der Waals surface area contributed by atoms with Crippen molar-refractivity contribution in [2.24, 2.45) is 11.8 Å². The lowest BCUT2D eigenvalue weighted by atomic mass is 9.85. The third kappa shape index (κ3) is 4.64. The third-order valence-corrected chi connectivity index (χ3v) is 3.70. The van der Waals surface area contributed by atoms with E-state index in [-0.39, 0.29) is 12.5 Å². The number of amides is 1. The number of aliphatic carboxylic acids is 1. The molecule has 1 rings (SSSR count). The predicted octanol–water partition coefficient (Wildman–Crippen LogP) is 0.945. The number of nitrogens with zero attached hydrogens (tertiary/aromatic N) is 1. The molecule has 5 heteroatoms. The Balaban J connectivity index is 2.43. The zero-order chi connectivity index (χ0) is 13.5. The highest BCUT2D eigenvalue weighted by atomic mass is 16.4. The average Bonchev–Trinajstić information content (AvgIpc) is 2.36. The third-order valence-electron chi connectivity index (χ3n) is 3.70. The van der Waals surface area contributed by atoms with Gasteiger partial charge in [-0.15, -0.1) is 0 Å². The first kappa shape index (κ1) is 15.0. The Morgan fingerprint density at radius 2 is 2.22 bits per heavy atom. The van der Waals surface area contributed by atoms with Crippen LogP contribution in [-0.4, -0.2) is 48.1 Å². The van der Waals surface area contributed by atoms with E-state index in [1.54, 1.807) is 0 Å². The van der Waals surface area contributed by atoms with Crippen LogP contribution in [-0.2, 0) is 9.59 Å². The zero-order valence-corrected chi connectivity index (χ0v) is 11.3. The van der Waals surface area contributed by atoms with Crippen LogP contribution in [0.15, 0.2) is 0 Å². The summed E-state index contributed by atoms with van der Waals surface area (Å²) in [4.78, 5) is 24.1. The number of carboxylic acids is 1. The smallest absolute Gasteiger partial charge is 0.323 e. The summed E-state index contributed by atoms with van der Waals surface area (Å²) in [6, 6.07) is 0. The SMILES string of the molecule is CCN(CC(=O)O)C(=O)CC(C)C1CCCNC1. The molecule has 2 N–H and O–H groups in total. The molecule has 2 unspecified atom stereocenters. The number of carbonyl (C=O) groups is 2. The first-order valence-electron chi connectivity index (χ1n) is 6.74. The number of carboxylic acid groups (broad SMARTS) is 1. The molecular formula is C13H24N2O3. The first-order chi connectivity index (χ1) is 8.54. The number of nitrogens with one attached hydrogen (secondary N) is 1. The van der Waals surface area contributed by atoms with Crippen molar-refractivity contribution in [3.63, 3.8) is 0 Å². The standard InChI is InChI=1S/C13H24N2O3/c1-3-15(9-13(17)18)12(16)7-10(2)11-5-4-6-14-8-11/h10-11,14H,3-9H2,1-2H3,(H,17,18). The maximum atomic E-state index is 12.0. The van der Waals surface area contributed by atoms with E-state index in [1.165, 1.54) is 4.90 Å². The molecule has 2 atom stereocenters. The Bertz CT molecular complexity index is 288. The van der Waals surface area contributed by atoms with Gasteiger partial charge in [-0.2, -0.15) is 0 Å². The lowest BCUT2D eigenvalue weighted by Crippen LogP contribution is -2.39. The molecule has 1 amide bonds. The van der Waals surface area contributed by atoms with Gasteiger partial charge >= 0.3 is 5.97 Å². The van der Waals surface area contributed by atoms with Crippen LogP contribution in [0.25, 0.3) is 0 Å². The van der Waals surface area contributed by atoms with Crippen molar-refractivity contribution in [1.29, 1.82) is 0 Å². The Hall–Kier alpha value is -1.10. The van der Waals surface area contributed by atoms with Crippen LogP contribution < -0.4 is 5.32 Å². The highest BCUT2D eigenvalue weighted by Crippen LogP contribution is 2.23. The van der Waals surface area contributed by atoms with Gasteiger partial charge in [-0.05, 0) is 44.7 Å². The van der Waals surface area contributed by atoms with E-state index in [2.05, 4.69) is 12.2 Å². The van der Waals surface area contributed by atoms with Crippen molar-refractivity contribution in [3.05, 3.63) is 0 Å². The molecule has 0 bridgehead atoms. The molecule has 0 aromatic carbocycles. The van der Waals surface area contributed by atoms with E-state index in [0.29, 0.717) is 24.8 Å². The molecule has 1 saturated heterocycles. The molecule has 5 nitrogen and oxygen atoms in total. The maximum absolute atomic E-state index is 12.0. The second-order valence-electron chi connectivity index (χ2n) is 5.09. The van der Waals surface area contributed by atoms with Gasteiger partial charge in [-0.3, -0.25) is 9.59 Å². The Kier molecular flexibility index (Phi) is 6.12. The van der Waals surface area contributed by atoms with Gasteiger partial charge in [-0.25, -0.2) is 0 Å². The summed E-state index contributed by atoms with van der Waals surface area (Å²) in [6.07, 6.45) is 2.77. The minimum Gasteiger partial charge on any atom is -0.480 e. The van der Waals surface area contributed by atoms with Gasteiger partial charge in [0.05, 0.1) is 0 Å². The summed E-state index contributed by atoms with van der Waals surface area (Å²) in [5, 5.41) is 12.1. The van der Waals surface area contributed by atoms with E-state index in [9.17, 15) is 9.59 Å². The molecule has 1 heterocycles. The summed E-state index contributed by atoms with van der Waals surface area (Å²) >= 11 is 0. The van der Waals surface area contributed by atoms with Crippen molar-refractivity contribution in [2.45, 2.75) is 33.1 Å². The van der Waals surface area contributed by atoms with E-state index in [0.717, 1.165) is 25.9 Å². The Morgan fingerprint density at radius 1 is 1.50 bits per heavy atom. The van der Waals surface area contributed by atoms with Crippen LogP contribution in [0.3, 0.4) is 0 Å². The van der Waals surface area contributed by atoms with Crippen LogP contribution in [0.4, 0.5) is 0 Å². The van der Waals surface area contributed by atoms with Crippen molar-refractivity contribution >= 4 is 11.9 Å². The zero-order valence-electron chi connectivity index (χ0n) is 11.3. The van der Waals surface area contributed by atoms with Gasteiger partial charge in [-0.1, -0.05) is 6.92 Å². The molecule has 0 spiro atoms. The van der Waals surface area contributed by atoms with Gasteiger partial charge in [0.1, 0.15) is 6.54 Å². The molecular weight excluding hydrogens is 232 g/mol. The van der Waals surface area contributed by atoms with Crippen molar-refractivity contribution in [2.75, 3.05) is 26.2 Å². The van der Waals surface area contributed by atoms with Gasteiger partial charge in [0.2, 0.25) is 5.91 Å². The Morgan fingerprint density at radius 3 is 2.72 bits per heavy atom. The van der Waals surface area contributed by atoms with Gasteiger partial charge in [0.15, 0.2) is 0 Å². The number of hydrogen-bond acceptors (Lipinski definition) is 3. The lowest BCUT2D eigenvalue weighted by molar-refractivity contribution is -0.144. The summed E-state index contributed by atoms with van der Waals surface area (Å²) in [6.45, 7) is 6.21. The average molecular weight is 256 g/mol. The minimum atomic E-state index is -0.947. The van der Waals surface area contributed by atoms with E-state index in [1.807, 2.05) is 6.92 Å². The number of piperidine rings is 1. The monoisotopic (exact) mass is 256 g/mol. The van der Waals surface area contributed by atoms with Crippen molar-refractivity contribution < 1.29 is 14.7 Å². The highest BCUT2D eigenvalue weighted by Gasteiger charge is 2.24. The van der Waals surface area contributed by atoms with Crippen LogP contribution in [0, 0.1) is 11.8 Å². The normalized spacial score (nSPS) is 21.3. The molecule has 0 saturated carbocycles. The molecule has 0 aliphatic carbocycles. The fourth-order valence-electron chi connectivity index (χ4n) is 2.48. The van der Waals surface area contributed by atoms with E-state index in [4.69, 9.17) is 5.11 Å². The molecule has 18 heavy (non-hydrogen) atoms. The molecule has 0 radical (unpaired) electrons. The fraction of sp³-hybridized carbons (Fsp3) is 0.846. The highest BCUT2D eigenvalue weighted by molar-refractivity contribution is 5.81. The number of likely N-dealkylation sites (N-methyl/N-ethyl adjacent to an activating group) is 1. The summed E-state index contributed by atoms with van der Waals surface area (Å²) < 4.78 is 0. The number of carbonyl (C=O) groups excluding carboxylic acids is 1. The van der Waals surface area contributed by atoms with Crippen molar-refractivity contribution in [3.8, 4) is 0 Å². The largest absolute Gasteiger partial charge is 0.480 e. The number of rotatable bonds is 6. The van der Waals surface area contributed by atoms with Crippen LogP contribution >= 0.6 is 0 Å². The minimum absolute atomic E-state index is 0.0435. The molecule has 104 valence electrons. The van der Waals surface area contributed by atoms with E-state index >= 15 is 0 Å². The molecule has 1 aliphatic rings. The van der Waals surface area contributed by atoms with E-state index < -0.39 is 5.97 Å². The summed E-state index contributed by atoms with van der Waals surface area (Å²) in [5.74, 6) is -0.144. The van der Waals surface area contributed by atoms with Crippen molar-refractivity contribution in [1.82, 2.24) is 10.2 Å². The molecule has 0 aromatic heterocycles. The lowest BCUT2D eigenvalue weighted by Gasteiger charge is -2.29. The van der Waals surface area contributed by atoms with Gasteiger partial charge in [0, 0.05) is 13.0 Å². The topological polar surface area (TPSA) is 69.6 Å². The Labute approximate surface area is 109 Å². The summed E-state index contributed by atoms with van der Waals surface area (Å²) in [7, 11) is 0. The second-order valence-corrected chi connectivity index (χ2v) is 5.09. The van der Waals surface area contributed by atoms with Gasteiger partial charge < -0.3 is 15.3 Å². The summed E-state index contributed by atoms with van der Waals surface area (Å²) in [5.41, 5.74) is 0. The quantitative estimate of drug-likeness (QED) is 0.742. The van der Waals surface area contributed by atoms with Crippen LogP contribution in [0.2, 0.25) is 0 Å². The molecule has 1 aliphatic heterocycles. The predicted molar refractivity (Wildman–Crippen MR) is 69.3 cm³/mol. The van der Waals surface area contributed by atoms with Crippen LogP contribution in [0.1, 0.15) is 33.1 Å². The second kappa shape index (κ2) is 7.36. The fourth-order valence-corrected chi connectivity index (χ4v) is 2.48. The maximum Gasteiger partial charge on any atom is 0.323 e. The molecule has 0 aromatic rings.